The summed E-state index contributed by atoms with van der Waals surface area (Å²) in [7, 11) is 0. The van der Waals surface area contributed by atoms with Gasteiger partial charge in [0.2, 0.25) is 5.43 Å². The number of cyclic esters (lactones) is 1. The second kappa shape index (κ2) is 6.85. The van der Waals surface area contributed by atoms with Crippen LogP contribution in [0.15, 0.2) is 32.2 Å². The van der Waals surface area contributed by atoms with Crippen molar-refractivity contribution in [3.8, 4) is 11.3 Å². The number of rotatable bonds is 4. The lowest BCUT2D eigenvalue weighted by Crippen LogP contribution is -2.44. The van der Waals surface area contributed by atoms with Gasteiger partial charge in [-0.15, -0.1) is 0 Å². The first kappa shape index (κ1) is 20.3. The first-order chi connectivity index (χ1) is 15.8. The van der Waals surface area contributed by atoms with Crippen LogP contribution in [0.5, 0.6) is 0 Å². The summed E-state index contributed by atoms with van der Waals surface area (Å²) in [6, 6.07) is 4.37. The highest BCUT2D eigenvalue weighted by Crippen LogP contribution is 2.38. The molecule has 0 spiro atoms. The van der Waals surface area contributed by atoms with Crippen LogP contribution in [0.3, 0.4) is 0 Å². The average Bonchev–Trinajstić information content (AvgIpc) is 3.55. The van der Waals surface area contributed by atoms with Crippen LogP contribution in [0.25, 0.3) is 22.2 Å². The molecule has 1 aliphatic carbocycles. The van der Waals surface area contributed by atoms with Crippen LogP contribution in [0.4, 0.5) is 4.39 Å². The number of carbonyl (C=O) groups is 1. The molecule has 2 N–H and O–H groups in total. The molecule has 170 valence electrons. The van der Waals surface area contributed by atoms with Gasteiger partial charge < -0.3 is 19.6 Å². The molecule has 1 saturated carbocycles. The molecule has 0 bridgehead atoms. The van der Waals surface area contributed by atoms with Crippen LogP contribution < -0.4 is 16.3 Å². The molecule has 1 atom stereocenters. The third-order valence-corrected chi connectivity index (χ3v) is 6.87. The zero-order chi connectivity index (χ0) is 23.1. The van der Waals surface area contributed by atoms with Gasteiger partial charge in [-0.25, -0.2) is 9.18 Å². The quantitative estimate of drug-likeness (QED) is 0.456. The Bertz CT molecular complexity index is 1490. The van der Waals surface area contributed by atoms with Crippen LogP contribution in [0, 0.1) is 5.82 Å². The summed E-state index contributed by atoms with van der Waals surface area (Å²) in [5, 5.41) is 14.3. The molecule has 0 unspecified atom stereocenters. The van der Waals surface area contributed by atoms with Crippen molar-refractivity contribution in [1.82, 2.24) is 9.88 Å². The molecule has 8 nitrogen and oxygen atoms in total. The molecule has 3 aliphatic rings. The number of ether oxygens (including phenoxy) is 1. The predicted octanol–water partition coefficient (Wildman–Crippen LogP) is 2.03. The van der Waals surface area contributed by atoms with Crippen molar-refractivity contribution in [2.75, 3.05) is 0 Å². The molecular weight excluding hydrogens is 431 g/mol. The Morgan fingerprint density at radius 2 is 2.03 bits per heavy atom. The molecule has 3 aromatic rings. The van der Waals surface area contributed by atoms with Gasteiger partial charge >= 0.3 is 5.97 Å². The molecular formula is C24H21FN2O6. The Morgan fingerprint density at radius 1 is 1.24 bits per heavy atom. The van der Waals surface area contributed by atoms with Gasteiger partial charge in [-0.3, -0.25) is 14.2 Å². The Hall–Kier alpha value is -3.30. The maximum atomic E-state index is 14.4. The Kier molecular flexibility index (Phi) is 4.22. The topological polar surface area (TPSA) is 111 Å². The molecule has 33 heavy (non-hydrogen) atoms. The first-order valence-corrected chi connectivity index (χ1v) is 11.0. The summed E-state index contributed by atoms with van der Waals surface area (Å²) < 4.78 is 26.9. The number of nitrogens with one attached hydrogen (secondary N) is 1. The van der Waals surface area contributed by atoms with Gasteiger partial charge in [-0.1, -0.05) is 6.92 Å². The largest absolute Gasteiger partial charge is 0.458 e. The summed E-state index contributed by atoms with van der Waals surface area (Å²) in [5.41, 5.74) is -1.36. The molecule has 9 heteroatoms. The van der Waals surface area contributed by atoms with Crippen molar-refractivity contribution in [3.05, 3.63) is 67.0 Å². The van der Waals surface area contributed by atoms with E-state index in [1.165, 1.54) is 16.7 Å². The second-order valence-electron chi connectivity index (χ2n) is 8.93. The molecule has 1 fully saturated rings. The van der Waals surface area contributed by atoms with Gasteiger partial charge in [0.1, 0.15) is 23.8 Å². The lowest BCUT2D eigenvalue weighted by molar-refractivity contribution is -0.172. The van der Waals surface area contributed by atoms with E-state index in [-0.39, 0.29) is 47.3 Å². The number of hydrogen-bond donors (Lipinski definition) is 2. The minimum atomic E-state index is -1.98. The fraction of sp³-hybridized carbons (Fsp3) is 0.375. The van der Waals surface area contributed by atoms with Crippen LogP contribution in [-0.4, -0.2) is 21.7 Å². The van der Waals surface area contributed by atoms with Crippen molar-refractivity contribution >= 4 is 16.9 Å². The van der Waals surface area contributed by atoms with E-state index in [0.29, 0.717) is 29.5 Å². The molecule has 4 heterocycles. The lowest BCUT2D eigenvalue weighted by Gasteiger charge is -2.31. The number of nitrogens with zero attached hydrogens (tertiary/aromatic N) is 1. The SMILES string of the molecule is CC[C@@]1(O)C(=O)OCc2c1cc1n(c2=O)Cc2oc3c(CNC4CC4)cc(F)cc3c(=O)c2-1. The standard InChI is InChI=1S/C24H21FN2O6/c1-2-24(31)16-7-17-19-18(9-27(17)22(29)15(16)10-32-23(24)30)33-21-11(8-26-13-3-4-13)5-12(25)6-14(21)20(19)28/h5-7,13,26,31H,2-4,8-10H2,1H3/t24-/m0/s1. The number of aromatic nitrogens is 1. The summed E-state index contributed by atoms with van der Waals surface area (Å²) in [6.45, 7) is 1.74. The number of benzene rings is 1. The van der Waals surface area contributed by atoms with Gasteiger partial charge in [0.05, 0.1) is 28.8 Å². The number of esters is 1. The summed E-state index contributed by atoms with van der Waals surface area (Å²) in [4.78, 5) is 39.0. The van der Waals surface area contributed by atoms with Gasteiger partial charge in [0.25, 0.3) is 5.56 Å². The zero-order valence-corrected chi connectivity index (χ0v) is 17.9. The first-order valence-electron chi connectivity index (χ1n) is 11.0. The number of pyridine rings is 1. The lowest BCUT2D eigenvalue weighted by atomic mass is 9.86. The highest BCUT2D eigenvalue weighted by atomic mass is 19.1. The zero-order valence-electron chi connectivity index (χ0n) is 17.9. The van der Waals surface area contributed by atoms with Gasteiger partial charge in [0, 0.05) is 23.7 Å². The maximum Gasteiger partial charge on any atom is 0.343 e. The van der Waals surface area contributed by atoms with Crippen molar-refractivity contribution < 1.29 is 23.4 Å². The normalized spacial score (nSPS) is 21.0. The number of aliphatic hydroxyl groups is 1. The van der Waals surface area contributed by atoms with Crippen molar-refractivity contribution in [3.63, 3.8) is 0 Å². The highest BCUT2D eigenvalue weighted by Gasteiger charge is 2.45. The van der Waals surface area contributed by atoms with Crippen LogP contribution in [-0.2, 0) is 34.8 Å². The fourth-order valence-electron chi connectivity index (χ4n) is 4.83. The van der Waals surface area contributed by atoms with Crippen molar-refractivity contribution in [1.29, 1.82) is 0 Å². The number of fused-ring (bicyclic) bond motifs is 5. The van der Waals surface area contributed by atoms with E-state index in [4.69, 9.17) is 9.15 Å². The summed E-state index contributed by atoms with van der Waals surface area (Å²) in [5.74, 6) is -1.09. The predicted molar refractivity (Wildman–Crippen MR) is 115 cm³/mol. The van der Waals surface area contributed by atoms with Gasteiger partial charge in [0.15, 0.2) is 5.60 Å². The molecule has 0 radical (unpaired) electrons. The van der Waals surface area contributed by atoms with Gasteiger partial charge in [-0.05, 0) is 37.5 Å². The second-order valence-corrected chi connectivity index (χ2v) is 8.93. The average molecular weight is 452 g/mol. The molecule has 1 aromatic carbocycles. The molecule has 0 amide bonds. The minimum absolute atomic E-state index is 0.00345. The van der Waals surface area contributed by atoms with Crippen LogP contribution >= 0.6 is 0 Å². The van der Waals surface area contributed by atoms with E-state index < -0.39 is 28.4 Å². The number of carbonyl (C=O) groups excluding carboxylic acids is 1. The number of halogens is 1. The van der Waals surface area contributed by atoms with Crippen molar-refractivity contribution in [2.24, 2.45) is 0 Å². The third kappa shape index (κ3) is 2.85. The van der Waals surface area contributed by atoms with E-state index in [0.717, 1.165) is 18.9 Å². The van der Waals surface area contributed by atoms with Gasteiger partial charge in [-0.2, -0.15) is 0 Å². The van der Waals surface area contributed by atoms with E-state index in [1.807, 2.05) is 0 Å². The van der Waals surface area contributed by atoms with Crippen molar-refractivity contribution in [2.45, 2.75) is 57.5 Å². The summed E-state index contributed by atoms with van der Waals surface area (Å²) in [6.07, 6.45) is 2.13. The van der Waals surface area contributed by atoms with E-state index in [2.05, 4.69) is 5.32 Å². The van der Waals surface area contributed by atoms with E-state index in [9.17, 15) is 23.9 Å². The smallest absolute Gasteiger partial charge is 0.343 e. The Balaban J connectivity index is 1.58. The fourth-order valence-corrected chi connectivity index (χ4v) is 4.83. The molecule has 2 aromatic heterocycles. The molecule has 6 rings (SSSR count). The Labute approximate surface area is 186 Å². The number of hydrogen-bond acceptors (Lipinski definition) is 7. The highest BCUT2D eigenvalue weighted by molar-refractivity contribution is 5.87. The van der Waals surface area contributed by atoms with Crippen LogP contribution in [0.2, 0.25) is 0 Å². The molecule has 2 aliphatic heterocycles. The minimum Gasteiger partial charge on any atom is -0.458 e. The summed E-state index contributed by atoms with van der Waals surface area (Å²) >= 11 is 0. The third-order valence-electron chi connectivity index (χ3n) is 6.87. The Morgan fingerprint density at radius 3 is 2.76 bits per heavy atom. The molecule has 0 saturated heterocycles. The van der Waals surface area contributed by atoms with Crippen LogP contribution in [0.1, 0.15) is 48.6 Å². The van der Waals surface area contributed by atoms with E-state index in [1.54, 1.807) is 6.92 Å². The maximum absolute atomic E-state index is 14.4. The van der Waals surface area contributed by atoms with E-state index >= 15 is 0 Å². The monoisotopic (exact) mass is 452 g/mol.